The summed E-state index contributed by atoms with van der Waals surface area (Å²) in [6, 6.07) is 31.9. The molecule has 1 aliphatic rings. The van der Waals surface area contributed by atoms with Gasteiger partial charge in [-0.05, 0) is 29.0 Å². The zero-order valence-electron chi connectivity index (χ0n) is 17.8. The summed E-state index contributed by atoms with van der Waals surface area (Å²) in [6.07, 6.45) is 9.72. The summed E-state index contributed by atoms with van der Waals surface area (Å²) < 4.78 is 7.13. The van der Waals surface area contributed by atoms with Crippen molar-refractivity contribution >= 4 is 0 Å². The summed E-state index contributed by atoms with van der Waals surface area (Å²) in [7, 11) is 0. The van der Waals surface area contributed by atoms with Gasteiger partial charge in [0, 0.05) is 0 Å². The third-order valence-electron chi connectivity index (χ3n) is 6.42. The Morgan fingerprint density at radius 3 is 1.57 bits per heavy atom. The van der Waals surface area contributed by atoms with Crippen molar-refractivity contribution in [1.29, 1.82) is 0 Å². The first-order valence-corrected chi connectivity index (χ1v) is 11.3. The van der Waals surface area contributed by atoms with E-state index < -0.39 is 5.60 Å². The van der Waals surface area contributed by atoms with Crippen LogP contribution in [0.15, 0.2) is 104 Å². The fourth-order valence-electron chi connectivity index (χ4n) is 4.89. The Balaban J connectivity index is 1.80. The van der Waals surface area contributed by atoms with Crippen LogP contribution in [0.25, 0.3) is 0 Å². The third kappa shape index (κ3) is 4.42. The van der Waals surface area contributed by atoms with E-state index in [-0.39, 0.29) is 6.10 Å². The van der Waals surface area contributed by atoms with Gasteiger partial charge in [0.15, 0.2) is 0 Å². The van der Waals surface area contributed by atoms with E-state index in [2.05, 4.69) is 97.6 Å². The highest BCUT2D eigenvalue weighted by Gasteiger charge is 2.39. The first-order chi connectivity index (χ1) is 14.8. The Hall–Kier alpha value is -2.64. The molecule has 154 valence electrons. The standard InChI is InChI=1S/C29H32O/c1-2-28(23-24-15-7-3-8-16-24)30-29(25-17-9-4-10-18-25,26-19-11-5-12-20-26)27-21-13-6-14-22-27/h2,4-6,9-14,17-22,24,28H,1,3,7-8,15-16,23H2. The maximum atomic E-state index is 7.13. The van der Waals surface area contributed by atoms with E-state index >= 15 is 0 Å². The van der Waals surface area contributed by atoms with Crippen LogP contribution in [0, 0.1) is 5.92 Å². The van der Waals surface area contributed by atoms with Gasteiger partial charge in [0.2, 0.25) is 0 Å². The third-order valence-corrected chi connectivity index (χ3v) is 6.42. The van der Waals surface area contributed by atoms with Crippen LogP contribution in [0.4, 0.5) is 0 Å². The van der Waals surface area contributed by atoms with Gasteiger partial charge in [0.25, 0.3) is 0 Å². The molecule has 30 heavy (non-hydrogen) atoms. The number of ether oxygens (including phenoxy) is 1. The quantitative estimate of drug-likeness (QED) is 0.282. The molecule has 0 heterocycles. The van der Waals surface area contributed by atoms with Crippen molar-refractivity contribution in [3.8, 4) is 0 Å². The second-order valence-electron chi connectivity index (χ2n) is 8.41. The molecule has 1 unspecified atom stereocenters. The number of rotatable bonds is 8. The molecule has 1 atom stereocenters. The number of hydrogen-bond donors (Lipinski definition) is 0. The molecule has 0 bridgehead atoms. The molecule has 1 aliphatic carbocycles. The molecular weight excluding hydrogens is 364 g/mol. The highest BCUT2D eigenvalue weighted by molar-refractivity contribution is 5.47. The van der Waals surface area contributed by atoms with E-state index in [0.717, 1.165) is 29.0 Å². The minimum Gasteiger partial charge on any atom is -0.354 e. The number of hydrogen-bond acceptors (Lipinski definition) is 1. The summed E-state index contributed by atoms with van der Waals surface area (Å²) in [5.74, 6) is 0.724. The Bertz CT molecular complexity index is 798. The van der Waals surface area contributed by atoms with E-state index in [1.165, 1.54) is 32.1 Å². The molecule has 1 nitrogen and oxygen atoms in total. The van der Waals surface area contributed by atoms with E-state index in [1.54, 1.807) is 0 Å². The summed E-state index contributed by atoms with van der Waals surface area (Å²) in [5, 5.41) is 0. The van der Waals surface area contributed by atoms with Gasteiger partial charge >= 0.3 is 0 Å². The van der Waals surface area contributed by atoms with Crippen LogP contribution in [0.5, 0.6) is 0 Å². The largest absolute Gasteiger partial charge is 0.354 e. The fourth-order valence-corrected chi connectivity index (χ4v) is 4.89. The lowest BCUT2D eigenvalue weighted by molar-refractivity contribution is -0.0358. The molecule has 1 heteroatoms. The lowest BCUT2D eigenvalue weighted by Gasteiger charge is -2.39. The van der Waals surface area contributed by atoms with Crippen molar-refractivity contribution in [3.63, 3.8) is 0 Å². The van der Waals surface area contributed by atoms with Crippen molar-refractivity contribution in [2.75, 3.05) is 0 Å². The van der Waals surface area contributed by atoms with Crippen LogP contribution in [-0.2, 0) is 10.3 Å². The SMILES string of the molecule is C=CC(CC1CCCCC1)OC(c1ccccc1)(c1ccccc1)c1ccccc1. The van der Waals surface area contributed by atoms with Crippen LogP contribution in [0.1, 0.15) is 55.2 Å². The molecule has 0 spiro atoms. The van der Waals surface area contributed by atoms with Crippen molar-refractivity contribution in [2.45, 2.75) is 50.2 Å². The predicted octanol–water partition coefficient (Wildman–Crippen LogP) is 7.52. The van der Waals surface area contributed by atoms with Gasteiger partial charge in [-0.3, -0.25) is 0 Å². The predicted molar refractivity (Wildman–Crippen MR) is 125 cm³/mol. The highest BCUT2D eigenvalue weighted by atomic mass is 16.5. The minimum absolute atomic E-state index is 0.00582. The molecule has 0 N–H and O–H groups in total. The van der Waals surface area contributed by atoms with Gasteiger partial charge in [-0.1, -0.05) is 129 Å². The molecule has 4 rings (SSSR count). The Morgan fingerprint density at radius 1 is 0.733 bits per heavy atom. The molecule has 1 saturated carbocycles. The monoisotopic (exact) mass is 396 g/mol. The maximum Gasteiger partial charge on any atom is 0.144 e. The van der Waals surface area contributed by atoms with Crippen molar-refractivity contribution in [2.24, 2.45) is 5.92 Å². The van der Waals surface area contributed by atoms with Gasteiger partial charge in [0.1, 0.15) is 5.60 Å². The van der Waals surface area contributed by atoms with Crippen LogP contribution >= 0.6 is 0 Å². The Labute approximate surface area is 181 Å². The molecule has 0 aromatic heterocycles. The van der Waals surface area contributed by atoms with Gasteiger partial charge in [-0.25, -0.2) is 0 Å². The molecule has 0 saturated heterocycles. The fraction of sp³-hybridized carbons (Fsp3) is 0.310. The zero-order valence-corrected chi connectivity index (χ0v) is 17.8. The normalized spacial score (nSPS) is 16.1. The van der Waals surface area contributed by atoms with Crippen LogP contribution in [0.3, 0.4) is 0 Å². The first-order valence-electron chi connectivity index (χ1n) is 11.3. The first kappa shape index (κ1) is 20.6. The zero-order chi connectivity index (χ0) is 20.7. The van der Waals surface area contributed by atoms with Crippen molar-refractivity contribution < 1.29 is 4.74 Å². The topological polar surface area (TPSA) is 9.23 Å². The maximum absolute atomic E-state index is 7.13. The van der Waals surface area contributed by atoms with Crippen molar-refractivity contribution in [1.82, 2.24) is 0 Å². The molecule has 0 amide bonds. The van der Waals surface area contributed by atoms with E-state index in [1.807, 2.05) is 6.08 Å². The van der Waals surface area contributed by atoms with Crippen molar-refractivity contribution in [3.05, 3.63) is 120 Å². The van der Waals surface area contributed by atoms with Gasteiger partial charge in [-0.2, -0.15) is 0 Å². The second kappa shape index (κ2) is 9.91. The van der Waals surface area contributed by atoms with E-state index in [9.17, 15) is 0 Å². The Kier molecular flexibility index (Phi) is 6.81. The Morgan fingerprint density at radius 2 is 1.17 bits per heavy atom. The minimum atomic E-state index is -0.669. The highest BCUT2D eigenvalue weighted by Crippen LogP contribution is 2.42. The molecule has 0 aliphatic heterocycles. The lowest BCUT2D eigenvalue weighted by Crippen LogP contribution is -2.37. The molecule has 3 aromatic rings. The summed E-state index contributed by atoms with van der Waals surface area (Å²) >= 11 is 0. The van der Waals surface area contributed by atoms with Gasteiger partial charge < -0.3 is 4.74 Å². The summed E-state index contributed by atoms with van der Waals surface area (Å²) in [6.45, 7) is 4.17. The van der Waals surface area contributed by atoms with Gasteiger partial charge in [-0.15, -0.1) is 6.58 Å². The lowest BCUT2D eigenvalue weighted by atomic mass is 9.79. The summed E-state index contributed by atoms with van der Waals surface area (Å²) in [4.78, 5) is 0. The van der Waals surface area contributed by atoms with Crippen LogP contribution in [0.2, 0.25) is 0 Å². The molecule has 3 aromatic carbocycles. The molecule has 1 fully saturated rings. The second-order valence-corrected chi connectivity index (χ2v) is 8.41. The molecular formula is C29H32O. The smallest absolute Gasteiger partial charge is 0.144 e. The van der Waals surface area contributed by atoms with Crippen LogP contribution < -0.4 is 0 Å². The summed E-state index contributed by atoms with van der Waals surface area (Å²) in [5.41, 5.74) is 2.78. The van der Waals surface area contributed by atoms with Gasteiger partial charge in [0.05, 0.1) is 6.10 Å². The van der Waals surface area contributed by atoms with Crippen LogP contribution in [-0.4, -0.2) is 6.10 Å². The van der Waals surface area contributed by atoms with E-state index in [4.69, 9.17) is 4.74 Å². The van der Waals surface area contributed by atoms with E-state index in [0.29, 0.717) is 0 Å². The number of benzene rings is 3. The molecule has 0 radical (unpaired) electrons. The average molecular weight is 397 g/mol. The average Bonchev–Trinajstić information content (AvgIpc) is 2.84.